The number of hydrogen-bond acceptors (Lipinski definition) is 2. The molecule has 0 saturated carbocycles. The van der Waals surface area contributed by atoms with Gasteiger partial charge in [-0.15, -0.1) is 0 Å². The molecule has 1 aromatic carbocycles. The lowest BCUT2D eigenvalue weighted by Crippen LogP contribution is -2.45. The Labute approximate surface area is 143 Å². The largest absolute Gasteiger partial charge is 0.496 e. The zero-order valence-electron chi connectivity index (χ0n) is 14.5. The predicted octanol–water partition coefficient (Wildman–Crippen LogP) is 4.72. The molecule has 124 valence electrons. The minimum atomic E-state index is -0.185. The lowest BCUT2D eigenvalue weighted by Gasteiger charge is -2.33. The van der Waals surface area contributed by atoms with Crippen LogP contribution in [0.3, 0.4) is 0 Å². The summed E-state index contributed by atoms with van der Waals surface area (Å²) in [6.07, 6.45) is 2.16. The molecule has 1 aromatic rings. The summed E-state index contributed by atoms with van der Waals surface area (Å²) in [5, 5.41) is 3.14. The highest BCUT2D eigenvalue weighted by molar-refractivity contribution is 9.10. The molecule has 0 fully saturated rings. The van der Waals surface area contributed by atoms with Crippen molar-refractivity contribution in [1.82, 2.24) is 5.32 Å². The second-order valence-electron chi connectivity index (χ2n) is 7.64. The number of rotatable bonds is 6. The number of amides is 1. The fraction of sp³-hybridized carbons (Fsp3) is 0.611. The molecule has 0 aliphatic carbocycles. The first-order valence-corrected chi connectivity index (χ1v) is 8.45. The molecular weight excluding hydrogens is 342 g/mol. The molecule has 22 heavy (non-hydrogen) atoms. The van der Waals surface area contributed by atoms with Crippen LogP contribution < -0.4 is 10.1 Å². The van der Waals surface area contributed by atoms with Gasteiger partial charge in [0.1, 0.15) is 5.75 Å². The van der Waals surface area contributed by atoms with Crippen LogP contribution >= 0.6 is 15.9 Å². The van der Waals surface area contributed by atoms with Crippen LogP contribution in [0.15, 0.2) is 22.7 Å². The molecule has 0 unspecified atom stereocenters. The number of carbonyl (C=O) groups excluding carboxylic acids is 1. The Morgan fingerprint density at radius 3 is 2.36 bits per heavy atom. The van der Waals surface area contributed by atoms with Crippen molar-refractivity contribution in [3.05, 3.63) is 28.2 Å². The number of benzene rings is 1. The van der Waals surface area contributed by atoms with Gasteiger partial charge in [-0.25, -0.2) is 0 Å². The maximum Gasteiger partial charge on any atom is 0.220 e. The Morgan fingerprint density at radius 2 is 1.86 bits per heavy atom. The number of ether oxygens (including phenoxy) is 1. The van der Waals surface area contributed by atoms with E-state index < -0.39 is 0 Å². The Balaban J connectivity index is 2.54. The van der Waals surface area contributed by atoms with E-state index in [0.717, 1.165) is 28.6 Å². The topological polar surface area (TPSA) is 38.3 Å². The minimum absolute atomic E-state index is 0.0983. The van der Waals surface area contributed by atoms with Gasteiger partial charge in [-0.05, 0) is 65.7 Å². The summed E-state index contributed by atoms with van der Waals surface area (Å²) in [4.78, 5) is 12.2. The monoisotopic (exact) mass is 369 g/mol. The number of nitrogens with one attached hydrogen (secondary N) is 1. The molecule has 1 N–H and O–H groups in total. The van der Waals surface area contributed by atoms with Crippen molar-refractivity contribution in [3.63, 3.8) is 0 Å². The minimum Gasteiger partial charge on any atom is -0.496 e. The molecule has 1 rings (SSSR count). The summed E-state index contributed by atoms with van der Waals surface area (Å²) in [5.74, 6) is 0.903. The average Bonchev–Trinajstić information content (AvgIpc) is 2.32. The van der Waals surface area contributed by atoms with E-state index in [4.69, 9.17) is 4.74 Å². The van der Waals surface area contributed by atoms with Crippen LogP contribution in [0.4, 0.5) is 0 Å². The molecule has 4 heteroatoms. The van der Waals surface area contributed by atoms with Gasteiger partial charge in [-0.1, -0.05) is 26.8 Å². The number of aryl methyl sites for hydroxylation is 1. The quantitative estimate of drug-likeness (QED) is 0.787. The summed E-state index contributed by atoms with van der Waals surface area (Å²) >= 11 is 3.47. The predicted molar refractivity (Wildman–Crippen MR) is 95.3 cm³/mol. The normalized spacial score (nSPS) is 12.1. The molecule has 0 spiro atoms. The van der Waals surface area contributed by atoms with Gasteiger partial charge < -0.3 is 10.1 Å². The van der Waals surface area contributed by atoms with Crippen molar-refractivity contribution in [3.8, 4) is 5.75 Å². The van der Waals surface area contributed by atoms with E-state index in [9.17, 15) is 4.79 Å². The summed E-state index contributed by atoms with van der Waals surface area (Å²) in [5.41, 5.74) is 1.13. The third-order valence-corrected chi connectivity index (χ3v) is 3.93. The third kappa shape index (κ3) is 6.82. The zero-order valence-corrected chi connectivity index (χ0v) is 16.1. The van der Waals surface area contributed by atoms with Gasteiger partial charge in [0.25, 0.3) is 0 Å². The van der Waals surface area contributed by atoms with Gasteiger partial charge in [0, 0.05) is 12.0 Å². The number of carbonyl (C=O) groups is 1. The third-order valence-electron chi connectivity index (χ3n) is 3.31. The molecule has 1 amide bonds. The summed E-state index contributed by atoms with van der Waals surface area (Å²) in [6, 6.07) is 5.92. The molecule has 3 nitrogen and oxygen atoms in total. The highest BCUT2D eigenvalue weighted by atomic mass is 79.9. The first-order valence-electron chi connectivity index (χ1n) is 7.66. The summed E-state index contributed by atoms with van der Waals surface area (Å²) < 4.78 is 6.13. The first kappa shape index (κ1) is 19.0. The Kier molecular flexibility index (Phi) is 6.48. The zero-order chi connectivity index (χ0) is 17.0. The molecule has 0 heterocycles. The molecule has 0 bridgehead atoms. The fourth-order valence-corrected chi connectivity index (χ4v) is 3.52. The van der Waals surface area contributed by atoms with E-state index in [-0.39, 0.29) is 16.9 Å². The second kappa shape index (κ2) is 7.49. The Bertz CT molecular complexity index is 518. The number of halogens is 1. The van der Waals surface area contributed by atoms with Gasteiger partial charge in [0.2, 0.25) is 5.91 Å². The van der Waals surface area contributed by atoms with Crippen LogP contribution in [0, 0.1) is 5.41 Å². The van der Waals surface area contributed by atoms with Crippen LogP contribution in [0.25, 0.3) is 0 Å². The van der Waals surface area contributed by atoms with Gasteiger partial charge in [-0.3, -0.25) is 4.79 Å². The van der Waals surface area contributed by atoms with Crippen LogP contribution in [0.2, 0.25) is 0 Å². The average molecular weight is 370 g/mol. The van der Waals surface area contributed by atoms with Crippen LogP contribution in [-0.2, 0) is 11.2 Å². The lowest BCUT2D eigenvalue weighted by atomic mass is 9.81. The first-order chi connectivity index (χ1) is 10.0. The van der Waals surface area contributed by atoms with E-state index in [2.05, 4.69) is 55.9 Å². The molecule has 0 saturated heterocycles. The van der Waals surface area contributed by atoms with Crippen molar-refractivity contribution in [2.75, 3.05) is 7.11 Å². The van der Waals surface area contributed by atoms with Crippen LogP contribution in [-0.4, -0.2) is 18.6 Å². The number of hydrogen-bond donors (Lipinski definition) is 1. The van der Waals surface area contributed by atoms with E-state index in [1.165, 1.54) is 0 Å². The van der Waals surface area contributed by atoms with E-state index >= 15 is 0 Å². The smallest absolute Gasteiger partial charge is 0.220 e. The van der Waals surface area contributed by atoms with Gasteiger partial charge in [0.05, 0.1) is 11.6 Å². The van der Waals surface area contributed by atoms with E-state index in [1.807, 2.05) is 18.2 Å². The maximum absolute atomic E-state index is 12.2. The van der Waals surface area contributed by atoms with Crippen molar-refractivity contribution >= 4 is 21.8 Å². The molecule has 0 aliphatic heterocycles. The van der Waals surface area contributed by atoms with Crippen LogP contribution in [0.1, 0.15) is 53.0 Å². The maximum atomic E-state index is 12.2. The SMILES string of the molecule is COc1ccc(CCC(=O)NC(C)(C)CC(C)(C)C)cc1Br. The standard InChI is InChI=1S/C18H28BrNO2/c1-17(2,3)12-18(4,5)20-16(21)10-8-13-7-9-15(22-6)14(19)11-13/h7,9,11H,8,10,12H2,1-6H3,(H,20,21). The molecule has 0 atom stereocenters. The van der Waals surface area contributed by atoms with Crippen molar-refractivity contribution < 1.29 is 9.53 Å². The Morgan fingerprint density at radius 1 is 1.23 bits per heavy atom. The Hall–Kier alpha value is -1.03. The lowest BCUT2D eigenvalue weighted by molar-refractivity contribution is -0.122. The fourth-order valence-electron chi connectivity index (χ4n) is 2.93. The van der Waals surface area contributed by atoms with Gasteiger partial charge >= 0.3 is 0 Å². The molecule has 0 radical (unpaired) electrons. The molecule has 0 aliphatic rings. The number of methoxy groups -OCH3 is 1. The molecule has 0 aromatic heterocycles. The van der Waals surface area contributed by atoms with Crippen molar-refractivity contribution in [2.24, 2.45) is 5.41 Å². The summed E-state index contributed by atoms with van der Waals surface area (Å²) in [6.45, 7) is 10.7. The molecular formula is C18H28BrNO2. The van der Waals surface area contributed by atoms with Crippen LogP contribution in [0.5, 0.6) is 5.75 Å². The van der Waals surface area contributed by atoms with Gasteiger partial charge in [-0.2, -0.15) is 0 Å². The van der Waals surface area contributed by atoms with E-state index in [0.29, 0.717) is 6.42 Å². The van der Waals surface area contributed by atoms with E-state index in [1.54, 1.807) is 7.11 Å². The summed E-state index contributed by atoms with van der Waals surface area (Å²) in [7, 11) is 1.64. The van der Waals surface area contributed by atoms with Crippen molar-refractivity contribution in [1.29, 1.82) is 0 Å². The van der Waals surface area contributed by atoms with Gasteiger partial charge in [0.15, 0.2) is 0 Å². The second-order valence-corrected chi connectivity index (χ2v) is 8.49. The van der Waals surface area contributed by atoms with Crippen molar-refractivity contribution in [2.45, 2.75) is 59.4 Å². The highest BCUT2D eigenvalue weighted by Crippen LogP contribution is 2.27. The highest BCUT2D eigenvalue weighted by Gasteiger charge is 2.26.